The number of hydrogen-bond acceptors (Lipinski definition) is 3. The predicted molar refractivity (Wildman–Crippen MR) is 69.9 cm³/mol. The summed E-state index contributed by atoms with van der Waals surface area (Å²) in [5, 5.41) is 9.33. The van der Waals surface area contributed by atoms with Crippen LogP contribution in [0.15, 0.2) is 24.5 Å². The van der Waals surface area contributed by atoms with E-state index >= 15 is 0 Å². The molecule has 2 heterocycles. The molecule has 102 valence electrons. The number of rotatable bonds is 5. The molecule has 0 radical (unpaired) electrons. The van der Waals surface area contributed by atoms with Crippen molar-refractivity contribution in [3.05, 3.63) is 30.1 Å². The fourth-order valence-corrected chi connectivity index (χ4v) is 2.49. The number of halogens is 1. The zero-order valence-corrected chi connectivity index (χ0v) is 11.1. The van der Waals surface area contributed by atoms with Crippen LogP contribution in [-0.4, -0.2) is 45.3 Å². The Morgan fingerprint density at radius 1 is 1.53 bits per heavy atom. The second kappa shape index (κ2) is 6.02. The molecule has 6 heteroatoms. The Balaban J connectivity index is 2.13. The van der Waals surface area contributed by atoms with Gasteiger partial charge in [0.15, 0.2) is 0 Å². The molecule has 1 aromatic heterocycles. The number of aliphatic carboxylic acids is 1. The average molecular weight is 283 g/mol. The van der Waals surface area contributed by atoms with Gasteiger partial charge in [-0.05, 0) is 23.6 Å². The summed E-state index contributed by atoms with van der Waals surface area (Å²) in [6.07, 6.45) is 3.85. The maximum absolute atomic E-state index is 11.9. The van der Waals surface area contributed by atoms with Crippen molar-refractivity contribution in [1.82, 2.24) is 9.88 Å². The highest BCUT2D eigenvalue weighted by atomic mass is 35.5. The number of likely N-dealkylation sites (tertiary alicyclic amines) is 1. The van der Waals surface area contributed by atoms with Crippen molar-refractivity contribution in [3.63, 3.8) is 0 Å². The number of carboxylic acid groups (broad SMARTS) is 1. The summed E-state index contributed by atoms with van der Waals surface area (Å²) < 4.78 is 0. The first-order chi connectivity index (χ1) is 9.11. The topological polar surface area (TPSA) is 70.5 Å². The van der Waals surface area contributed by atoms with E-state index in [1.165, 1.54) is 4.90 Å². The van der Waals surface area contributed by atoms with E-state index in [2.05, 4.69) is 4.98 Å². The van der Waals surface area contributed by atoms with Gasteiger partial charge in [-0.1, -0.05) is 0 Å². The molecule has 1 aliphatic rings. The molecule has 1 aromatic rings. The molecule has 1 amide bonds. The average Bonchev–Trinajstić information content (AvgIpc) is 2.78. The summed E-state index contributed by atoms with van der Waals surface area (Å²) in [6.45, 7) is 0.421. The van der Waals surface area contributed by atoms with Crippen LogP contribution in [0.3, 0.4) is 0 Å². The lowest BCUT2D eigenvalue weighted by Crippen LogP contribution is -2.43. The fourth-order valence-electron chi connectivity index (χ4n) is 2.29. The highest BCUT2D eigenvalue weighted by Crippen LogP contribution is 2.23. The predicted octanol–water partition coefficient (Wildman–Crippen LogP) is 1.16. The third-order valence-corrected chi connectivity index (χ3v) is 3.73. The number of carbonyl (C=O) groups is 2. The van der Waals surface area contributed by atoms with Crippen molar-refractivity contribution in [2.24, 2.45) is 5.92 Å². The first kappa shape index (κ1) is 13.8. The first-order valence-electron chi connectivity index (χ1n) is 6.09. The van der Waals surface area contributed by atoms with Crippen LogP contribution in [0.5, 0.6) is 0 Å². The fraction of sp³-hybridized carbons (Fsp3) is 0.462. The number of hydrogen-bond donors (Lipinski definition) is 1. The summed E-state index contributed by atoms with van der Waals surface area (Å²) in [5.41, 5.74) is 0.851. The Kier molecular flexibility index (Phi) is 4.37. The van der Waals surface area contributed by atoms with Gasteiger partial charge in [-0.25, -0.2) is 4.79 Å². The van der Waals surface area contributed by atoms with Crippen molar-refractivity contribution in [2.75, 3.05) is 12.4 Å². The van der Waals surface area contributed by atoms with Gasteiger partial charge in [-0.2, -0.15) is 0 Å². The van der Waals surface area contributed by atoms with Crippen molar-refractivity contribution >= 4 is 23.5 Å². The molecule has 1 saturated heterocycles. The largest absolute Gasteiger partial charge is 0.480 e. The molecule has 19 heavy (non-hydrogen) atoms. The maximum atomic E-state index is 11.9. The minimum Gasteiger partial charge on any atom is -0.480 e. The van der Waals surface area contributed by atoms with Crippen LogP contribution in [0, 0.1) is 5.92 Å². The van der Waals surface area contributed by atoms with Crippen molar-refractivity contribution in [1.29, 1.82) is 0 Å². The van der Waals surface area contributed by atoms with Gasteiger partial charge >= 0.3 is 5.97 Å². The number of pyridine rings is 1. The molecule has 2 atom stereocenters. The highest BCUT2D eigenvalue weighted by molar-refractivity contribution is 6.18. The number of alkyl halides is 1. The second-order valence-electron chi connectivity index (χ2n) is 4.68. The molecular formula is C13H15ClN2O3. The number of amides is 1. The van der Waals surface area contributed by atoms with E-state index in [9.17, 15) is 14.7 Å². The zero-order valence-electron chi connectivity index (χ0n) is 10.3. The Morgan fingerprint density at radius 3 is 2.74 bits per heavy atom. The molecule has 1 aliphatic heterocycles. The molecule has 5 nitrogen and oxygen atoms in total. The monoisotopic (exact) mass is 282 g/mol. The lowest BCUT2D eigenvalue weighted by atomic mass is 10.1. The SMILES string of the molecule is O=C(O)C(Cc1ccncc1)N1CC(CCl)CC1=O. The minimum absolute atomic E-state index is 0.0495. The van der Waals surface area contributed by atoms with Crippen LogP contribution in [-0.2, 0) is 16.0 Å². The van der Waals surface area contributed by atoms with Crippen LogP contribution in [0.2, 0.25) is 0 Å². The van der Waals surface area contributed by atoms with E-state index in [4.69, 9.17) is 11.6 Å². The molecule has 2 unspecified atom stereocenters. The van der Waals surface area contributed by atoms with E-state index in [1.54, 1.807) is 24.5 Å². The number of carboxylic acids is 1. The summed E-state index contributed by atoms with van der Waals surface area (Å²) in [5.74, 6) is -0.690. The molecular weight excluding hydrogens is 268 g/mol. The maximum Gasteiger partial charge on any atom is 0.326 e. The summed E-state index contributed by atoms with van der Waals surface area (Å²) in [6, 6.07) is 2.69. The molecule has 2 rings (SSSR count). The standard InChI is InChI=1S/C13H15ClN2O3/c14-7-10-6-12(17)16(8-10)11(13(18)19)5-9-1-3-15-4-2-9/h1-4,10-11H,5-8H2,(H,18,19). The molecule has 0 spiro atoms. The van der Waals surface area contributed by atoms with Gasteiger partial charge in [0.1, 0.15) is 6.04 Å². The third kappa shape index (κ3) is 3.23. The molecule has 1 fully saturated rings. The molecule has 0 saturated carbocycles. The molecule has 0 aromatic carbocycles. The zero-order chi connectivity index (χ0) is 13.8. The van der Waals surface area contributed by atoms with Crippen LogP contribution in [0.25, 0.3) is 0 Å². The van der Waals surface area contributed by atoms with Crippen molar-refractivity contribution in [2.45, 2.75) is 18.9 Å². The van der Waals surface area contributed by atoms with Gasteiger partial charge in [0.2, 0.25) is 5.91 Å². The lowest BCUT2D eigenvalue weighted by molar-refractivity contribution is -0.148. The van der Waals surface area contributed by atoms with E-state index in [0.717, 1.165) is 5.56 Å². The molecule has 1 N–H and O–H groups in total. The molecule has 0 aliphatic carbocycles. The first-order valence-corrected chi connectivity index (χ1v) is 6.62. The Hall–Kier alpha value is -1.62. The third-order valence-electron chi connectivity index (χ3n) is 3.30. The van der Waals surface area contributed by atoms with Crippen LogP contribution >= 0.6 is 11.6 Å². The number of carbonyl (C=O) groups excluding carboxylic acids is 1. The van der Waals surface area contributed by atoms with Gasteiger partial charge in [0.25, 0.3) is 0 Å². The minimum atomic E-state index is -0.986. The number of aromatic nitrogens is 1. The van der Waals surface area contributed by atoms with Crippen LogP contribution in [0.1, 0.15) is 12.0 Å². The Morgan fingerprint density at radius 2 is 2.21 bits per heavy atom. The quantitative estimate of drug-likeness (QED) is 0.823. The second-order valence-corrected chi connectivity index (χ2v) is 4.99. The Bertz CT molecular complexity index is 466. The summed E-state index contributed by atoms with van der Waals surface area (Å²) in [4.78, 5) is 28.6. The smallest absolute Gasteiger partial charge is 0.326 e. The van der Waals surface area contributed by atoms with E-state index in [-0.39, 0.29) is 11.8 Å². The summed E-state index contributed by atoms with van der Waals surface area (Å²) in [7, 11) is 0. The van der Waals surface area contributed by atoms with E-state index in [1.807, 2.05) is 0 Å². The Labute approximate surface area is 116 Å². The van der Waals surface area contributed by atoms with Crippen molar-refractivity contribution in [3.8, 4) is 0 Å². The normalized spacial score (nSPS) is 20.6. The van der Waals surface area contributed by atoms with E-state index < -0.39 is 12.0 Å². The van der Waals surface area contributed by atoms with Gasteiger partial charge in [0, 0.05) is 37.7 Å². The lowest BCUT2D eigenvalue weighted by Gasteiger charge is -2.24. The van der Waals surface area contributed by atoms with Crippen LogP contribution < -0.4 is 0 Å². The van der Waals surface area contributed by atoms with Crippen LogP contribution in [0.4, 0.5) is 0 Å². The van der Waals surface area contributed by atoms with Gasteiger partial charge in [-0.15, -0.1) is 11.6 Å². The van der Waals surface area contributed by atoms with Gasteiger partial charge in [0.05, 0.1) is 0 Å². The van der Waals surface area contributed by atoms with Gasteiger partial charge in [-0.3, -0.25) is 9.78 Å². The van der Waals surface area contributed by atoms with Gasteiger partial charge < -0.3 is 10.0 Å². The molecule has 0 bridgehead atoms. The van der Waals surface area contributed by atoms with Crippen molar-refractivity contribution < 1.29 is 14.7 Å². The van der Waals surface area contributed by atoms with E-state index in [0.29, 0.717) is 25.3 Å². The summed E-state index contributed by atoms with van der Waals surface area (Å²) >= 11 is 5.75. The highest BCUT2D eigenvalue weighted by Gasteiger charge is 2.37. The number of nitrogens with zero attached hydrogens (tertiary/aromatic N) is 2.